The van der Waals surface area contributed by atoms with Crippen LogP contribution in [-0.4, -0.2) is 44.8 Å². The molecule has 0 radical (unpaired) electrons. The van der Waals surface area contributed by atoms with Crippen molar-refractivity contribution in [2.24, 2.45) is 5.41 Å². The van der Waals surface area contributed by atoms with E-state index in [1.54, 1.807) is 0 Å². The predicted molar refractivity (Wildman–Crippen MR) is 101 cm³/mol. The van der Waals surface area contributed by atoms with Crippen LogP contribution in [0.2, 0.25) is 0 Å². The fourth-order valence-corrected chi connectivity index (χ4v) is 3.63. The van der Waals surface area contributed by atoms with Crippen LogP contribution in [0.1, 0.15) is 48.8 Å². The number of halogens is 5. The molecule has 2 aliphatic heterocycles. The summed E-state index contributed by atoms with van der Waals surface area (Å²) in [6.45, 7) is 2.57. The second-order valence-corrected chi connectivity index (χ2v) is 8.12. The van der Waals surface area contributed by atoms with Crippen molar-refractivity contribution in [2.75, 3.05) is 6.54 Å². The summed E-state index contributed by atoms with van der Waals surface area (Å²) < 4.78 is 70.5. The minimum atomic E-state index is -4.65. The van der Waals surface area contributed by atoms with Crippen LogP contribution in [0.5, 0.6) is 5.75 Å². The van der Waals surface area contributed by atoms with Gasteiger partial charge in [-0.05, 0) is 13.8 Å². The maximum Gasteiger partial charge on any atom is 0.451 e. The molecule has 4 rings (SSSR count). The first kappa shape index (κ1) is 21.9. The highest BCUT2D eigenvalue weighted by molar-refractivity contribution is 5.83. The molecule has 0 N–H and O–H groups in total. The van der Waals surface area contributed by atoms with Crippen LogP contribution in [0, 0.1) is 17.3 Å². The average Bonchev–Trinajstić information content (AvgIpc) is 3.08. The number of hydrogen-bond acceptors (Lipinski definition) is 5. The SMILES string of the molecule is CC(C)(C(=O)N1C[C@@H]2C[C@H]1c1cncc(C#Cc3cnc(C(F)(F)F)nc3)c1O2)C(F)F. The summed E-state index contributed by atoms with van der Waals surface area (Å²) in [5, 5.41) is 0. The summed E-state index contributed by atoms with van der Waals surface area (Å²) in [6, 6.07) is -0.474. The molecule has 4 heterocycles. The van der Waals surface area contributed by atoms with Gasteiger partial charge >= 0.3 is 6.18 Å². The third-order valence-electron chi connectivity index (χ3n) is 5.43. The van der Waals surface area contributed by atoms with Crippen molar-refractivity contribution >= 4 is 5.91 Å². The van der Waals surface area contributed by atoms with Crippen LogP contribution in [0.25, 0.3) is 0 Å². The number of alkyl halides is 5. The Labute approximate surface area is 179 Å². The Morgan fingerprint density at radius 3 is 2.47 bits per heavy atom. The van der Waals surface area contributed by atoms with E-state index in [2.05, 4.69) is 26.8 Å². The largest absolute Gasteiger partial charge is 0.487 e. The Hall–Kier alpha value is -3.29. The Balaban J connectivity index is 1.63. The van der Waals surface area contributed by atoms with E-state index in [0.717, 1.165) is 12.4 Å². The molecule has 1 fully saturated rings. The minimum absolute atomic E-state index is 0.157. The van der Waals surface area contributed by atoms with E-state index < -0.39 is 35.8 Å². The predicted octanol–water partition coefficient (Wildman–Crippen LogP) is 3.62. The zero-order chi connectivity index (χ0) is 23.3. The summed E-state index contributed by atoms with van der Waals surface area (Å²) in [5.74, 6) is 3.90. The van der Waals surface area contributed by atoms with E-state index in [0.29, 0.717) is 23.3 Å². The van der Waals surface area contributed by atoms with Gasteiger partial charge in [-0.25, -0.2) is 18.7 Å². The molecule has 6 nitrogen and oxygen atoms in total. The molecular weight excluding hydrogens is 435 g/mol. The van der Waals surface area contributed by atoms with Gasteiger partial charge in [0, 0.05) is 36.8 Å². The standard InChI is InChI=1S/C21H17F5N4O2/c1-20(2,17(22)23)19(31)30-10-13-5-15(30)14-9-27-8-12(16(14)32-13)4-3-11-6-28-18(29-7-11)21(24,25)26/h6-9,13,15,17H,5,10H2,1-2H3/t13-,15-/m0/s1. The molecule has 2 bridgehead atoms. The normalized spacial score (nSPS) is 19.8. The Kier molecular flexibility index (Phi) is 5.27. The van der Waals surface area contributed by atoms with Gasteiger partial charge in [0.15, 0.2) is 0 Å². The van der Waals surface area contributed by atoms with Gasteiger partial charge < -0.3 is 9.64 Å². The lowest BCUT2D eigenvalue weighted by Crippen LogP contribution is -2.44. The number of hydrogen-bond donors (Lipinski definition) is 0. The molecule has 168 valence electrons. The maximum absolute atomic E-state index is 13.4. The molecule has 32 heavy (non-hydrogen) atoms. The molecular formula is C21H17F5N4O2. The van der Waals surface area contributed by atoms with E-state index in [4.69, 9.17) is 4.74 Å². The number of carbonyl (C=O) groups excluding carboxylic acids is 1. The van der Waals surface area contributed by atoms with Gasteiger partial charge in [0.05, 0.1) is 23.7 Å². The molecule has 2 atom stereocenters. The van der Waals surface area contributed by atoms with Crippen LogP contribution in [-0.2, 0) is 11.0 Å². The fourth-order valence-electron chi connectivity index (χ4n) is 3.63. The van der Waals surface area contributed by atoms with Gasteiger partial charge in [-0.1, -0.05) is 11.8 Å². The van der Waals surface area contributed by atoms with Crippen molar-refractivity contribution in [3.05, 3.63) is 47.3 Å². The van der Waals surface area contributed by atoms with E-state index >= 15 is 0 Å². The first-order valence-electron chi connectivity index (χ1n) is 9.63. The van der Waals surface area contributed by atoms with Gasteiger partial charge in [0.25, 0.3) is 6.43 Å². The zero-order valence-electron chi connectivity index (χ0n) is 17.0. The highest BCUT2D eigenvalue weighted by Crippen LogP contribution is 2.46. The molecule has 0 saturated carbocycles. The summed E-state index contributed by atoms with van der Waals surface area (Å²) in [7, 11) is 0. The van der Waals surface area contributed by atoms with Gasteiger partial charge in [-0.15, -0.1) is 0 Å². The van der Waals surface area contributed by atoms with Crippen LogP contribution < -0.4 is 4.74 Å². The summed E-state index contributed by atoms with van der Waals surface area (Å²) in [5.41, 5.74) is -0.776. The van der Waals surface area contributed by atoms with Gasteiger partial charge in [0.1, 0.15) is 17.3 Å². The highest BCUT2D eigenvalue weighted by Gasteiger charge is 2.49. The van der Waals surface area contributed by atoms with Crippen LogP contribution in [0.15, 0.2) is 24.8 Å². The molecule has 1 saturated heterocycles. The number of fused-ring (bicyclic) bond motifs is 4. The number of rotatable bonds is 2. The van der Waals surface area contributed by atoms with Crippen LogP contribution in [0.3, 0.4) is 0 Å². The Morgan fingerprint density at radius 1 is 1.16 bits per heavy atom. The third-order valence-corrected chi connectivity index (χ3v) is 5.43. The smallest absolute Gasteiger partial charge is 0.451 e. The topological polar surface area (TPSA) is 68.2 Å². The molecule has 1 amide bonds. The average molecular weight is 452 g/mol. The monoisotopic (exact) mass is 452 g/mol. The molecule has 0 spiro atoms. The quantitative estimate of drug-likeness (QED) is 0.515. The van der Waals surface area contributed by atoms with Gasteiger partial charge in [0.2, 0.25) is 11.7 Å². The van der Waals surface area contributed by atoms with Gasteiger partial charge in [-0.3, -0.25) is 9.78 Å². The number of amides is 1. The van der Waals surface area contributed by atoms with Crippen molar-refractivity contribution in [3.63, 3.8) is 0 Å². The van der Waals surface area contributed by atoms with E-state index in [1.807, 2.05) is 0 Å². The number of ether oxygens (including phenoxy) is 1. The molecule has 11 heteroatoms. The number of pyridine rings is 1. The van der Waals surface area contributed by atoms with Crippen LogP contribution in [0.4, 0.5) is 22.0 Å². The lowest BCUT2D eigenvalue weighted by atomic mass is 9.91. The summed E-state index contributed by atoms with van der Waals surface area (Å²) >= 11 is 0. The second-order valence-electron chi connectivity index (χ2n) is 8.12. The number of carbonyl (C=O) groups is 1. The molecule has 0 aromatic carbocycles. The summed E-state index contributed by atoms with van der Waals surface area (Å²) in [4.78, 5) is 24.8. The molecule has 2 aliphatic rings. The van der Waals surface area contributed by atoms with Crippen molar-refractivity contribution < 1.29 is 31.5 Å². The second kappa shape index (κ2) is 7.69. The van der Waals surface area contributed by atoms with Crippen LogP contribution >= 0.6 is 0 Å². The minimum Gasteiger partial charge on any atom is -0.487 e. The zero-order valence-corrected chi connectivity index (χ0v) is 17.0. The van der Waals surface area contributed by atoms with Crippen molar-refractivity contribution in [3.8, 4) is 17.6 Å². The number of nitrogens with zero attached hydrogens (tertiary/aromatic N) is 4. The van der Waals surface area contributed by atoms with Crippen molar-refractivity contribution in [1.82, 2.24) is 19.9 Å². The lowest BCUT2D eigenvalue weighted by molar-refractivity contribution is -0.150. The van der Waals surface area contributed by atoms with Gasteiger partial charge in [-0.2, -0.15) is 13.2 Å². The fraction of sp³-hybridized carbons (Fsp3) is 0.429. The Bertz CT molecular complexity index is 1110. The first-order chi connectivity index (χ1) is 15.0. The highest BCUT2D eigenvalue weighted by atomic mass is 19.4. The van der Waals surface area contributed by atoms with Crippen molar-refractivity contribution in [1.29, 1.82) is 0 Å². The first-order valence-corrected chi connectivity index (χ1v) is 9.63. The van der Waals surface area contributed by atoms with E-state index in [9.17, 15) is 26.7 Å². The molecule has 0 unspecified atom stereocenters. The van der Waals surface area contributed by atoms with Crippen molar-refractivity contribution in [2.45, 2.75) is 45.0 Å². The number of likely N-dealkylation sites (tertiary alicyclic amines) is 1. The summed E-state index contributed by atoms with van der Waals surface area (Å²) in [6.07, 6.45) is -2.56. The third kappa shape index (κ3) is 3.85. The molecule has 2 aromatic rings. The number of aromatic nitrogens is 3. The van der Waals surface area contributed by atoms with E-state index in [-0.39, 0.29) is 18.2 Å². The maximum atomic E-state index is 13.4. The molecule has 2 aromatic heterocycles. The van der Waals surface area contributed by atoms with E-state index in [1.165, 1.54) is 31.1 Å². The molecule has 0 aliphatic carbocycles. The lowest BCUT2D eigenvalue weighted by Gasteiger charge is -2.32. The Morgan fingerprint density at radius 2 is 1.84 bits per heavy atom.